The molecule has 1 aromatic heterocycles. The van der Waals surface area contributed by atoms with Crippen LogP contribution in [0.25, 0.3) is 10.9 Å². The molecule has 1 heterocycles. The van der Waals surface area contributed by atoms with Crippen molar-refractivity contribution in [3.63, 3.8) is 0 Å². The summed E-state index contributed by atoms with van der Waals surface area (Å²) < 4.78 is 1.09. The molecule has 112 valence electrons. The van der Waals surface area contributed by atoms with E-state index in [9.17, 15) is 0 Å². The van der Waals surface area contributed by atoms with E-state index in [1.165, 1.54) is 9.79 Å². The summed E-state index contributed by atoms with van der Waals surface area (Å²) in [7, 11) is 0. The highest BCUT2D eigenvalue weighted by atomic mass is 79.9. The van der Waals surface area contributed by atoms with Crippen LogP contribution in [0.15, 0.2) is 62.8 Å². The molecule has 0 aliphatic carbocycles. The van der Waals surface area contributed by atoms with Gasteiger partial charge in [0.15, 0.2) is 0 Å². The second kappa shape index (κ2) is 7.26. The Labute approximate surface area is 152 Å². The number of hydrogen-bond acceptors (Lipinski definition) is 3. The Bertz CT molecular complexity index is 806. The van der Waals surface area contributed by atoms with E-state index < -0.39 is 0 Å². The van der Waals surface area contributed by atoms with E-state index in [4.69, 9.17) is 11.6 Å². The van der Waals surface area contributed by atoms with Crippen LogP contribution in [0.1, 0.15) is 5.56 Å². The quantitative estimate of drug-likeness (QED) is 0.352. The first kappa shape index (κ1) is 16.2. The Hall–Kier alpha value is -0.680. The van der Waals surface area contributed by atoms with Crippen molar-refractivity contribution in [2.24, 2.45) is 0 Å². The van der Waals surface area contributed by atoms with Crippen molar-refractivity contribution in [1.82, 2.24) is 4.98 Å². The Morgan fingerprint density at radius 3 is 2.50 bits per heavy atom. The Balaban J connectivity index is 1.84. The van der Waals surface area contributed by atoms with Crippen LogP contribution in [0, 0.1) is 0 Å². The zero-order chi connectivity index (χ0) is 15.5. The second-order valence-corrected chi connectivity index (χ2v) is 7.94. The van der Waals surface area contributed by atoms with Gasteiger partial charge in [-0.1, -0.05) is 33.6 Å². The SMILES string of the molecule is CSc1ccc2cc(CSc3ccc(Br)cc3)c(Cl)nc2c1. The maximum atomic E-state index is 6.35. The summed E-state index contributed by atoms with van der Waals surface area (Å²) in [4.78, 5) is 6.96. The Kier molecular flexibility index (Phi) is 5.34. The topological polar surface area (TPSA) is 12.9 Å². The molecule has 2 aromatic carbocycles. The summed E-state index contributed by atoms with van der Waals surface area (Å²) in [5, 5.41) is 1.73. The van der Waals surface area contributed by atoms with Gasteiger partial charge in [-0.05, 0) is 48.7 Å². The van der Waals surface area contributed by atoms with Crippen molar-refractivity contribution in [2.45, 2.75) is 15.5 Å². The molecule has 0 radical (unpaired) electrons. The third-order valence-electron chi connectivity index (χ3n) is 3.26. The maximum absolute atomic E-state index is 6.35. The first-order chi connectivity index (χ1) is 10.7. The van der Waals surface area contributed by atoms with Gasteiger partial charge < -0.3 is 0 Å². The lowest BCUT2D eigenvalue weighted by Crippen LogP contribution is -1.89. The van der Waals surface area contributed by atoms with Crippen molar-refractivity contribution in [1.29, 1.82) is 0 Å². The first-order valence-electron chi connectivity index (χ1n) is 6.67. The number of fused-ring (bicyclic) bond motifs is 1. The average Bonchev–Trinajstić information content (AvgIpc) is 2.54. The molecule has 3 rings (SSSR count). The van der Waals surface area contributed by atoms with Crippen LogP contribution in [0.2, 0.25) is 5.15 Å². The molecular formula is C17H13BrClNS2. The van der Waals surface area contributed by atoms with Gasteiger partial charge in [0.25, 0.3) is 0 Å². The summed E-state index contributed by atoms with van der Waals surface area (Å²) in [5.41, 5.74) is 2.02. The first-order valence-corrected chi connectivity index (χ1v) is 10.1. The molecule has 0 bridgehead atoms. The predicted molar refractivity (Wildman–Crippen MR) is 102 cm³/mol. The fourth-order valence-electron chi connectivity index (χ4n) is 2.09. The van der Waals surface area contributed by atoms with Crippen molar-refractivity contribution >= 4 is 62.0 Å². The normalized spacial score (nSPS) is 11.0. The summed E-state index contributed by atoms with van der Waals surface area (Å²) in [6.45, 7) is 0. The fraction of sp³-hybridized carbons (Fsp3) is 0.118. The fourth-order valence-corrected chi connectivity index (χ4v) is 3.95. The molecule has 22 heavy (non-hydrogen) atoms. The van der Waals surface area contributed by atoms with Crippen LogP contribution >= 0.6 is 51.1 Å². The van der Waals surface area contributed by atoms with Gasteiger partial charge in [-0.3, -0.25) is 0 Å². The van der Waals surface area contributed by atoms with E-state index in [1.807, 2.05) is 12.1 Å². The molecule has 1 nitrogen and oxygen atoms in total. The van der Waals surface area contributed by atoms with Crippen LogP contribution in [0.5, 0.6) is 0 Å². The minimum Gasteiger partial charge on any atom is -0.236 e. The number of rotatable bonds is 4. The molecule has 0 amide bonds. The van der Waals surface area contributed by atoms with Crippen LogP contribution in [-0.4, -0.2) is 11.2 Å². The zero-order valence-electron chi connectivity index (χ0n) is 11.8. The second-order valence-electron chi connectivity index (χ2n) is 4.74. The van der Waals surface area contributed by atoms with E-state index in [-0.39, 0.29) is 0 Å². The highest BCUT2D eigenvalue weighted by molar-refractivity contribution is 9.10. The summed E-state index contributed by atoms with van der Waals surface area (Å²) >= 11 is 13.3. The van der Waals surface area contributed by atoms with E-state index in [2.05, 4.69) is 63.6 Å². The predicted octanol–water partition coefficient (Wildman–Crippen LogP) is 6.66. The van der Waals surface area contributed by atoms with Gasteiger partial charge in [0.2, 0.25) is 0 Å². The number of benzene rings is 2. The molecule has 0 aliphatic heterocycles. The number of hydrogen-bond donors (Lipinski definition) is 0. The van der Waals surface area contributed by atoms with Crippen LogP contribution < -0.4 is 0 Å². The van der Waals surface area contributed by atoms with E-state index in [0.717, 1.165) is 26.7 Å². The minimum atomic E-state index is 0.593. The van der Waals surface area contributed by atoms with Crippen molar-refractivity contribution in [3.05, 3.63) is 63.7 Å². The molecule has 0 N–H and O–H groups in total. The highest BCUT2D eigenvalue weighted by Crippen LogP contribution is 2.30. The van der Waals surface area contributed by atoms with Crippen LogP contribution in [0.3, 0.4) is 0 Å². The number of pyridine rings is 1. The van der Waals surface area contributed by atoms with Gasteiger partial charge in [-0.2, -0.15) is 0 Å². The molecule has 0 spiro atoms. The lowest BCUT2D eigenvalue weighted by atomic mass is 10.2. The lowest BCUT2D eigenvalue weighted by Gasteiger charge is -2.07. The van der Waals surface area contributed by atoms with Gasteiger partial charge in [0.05, 0.1) is 5.52 Å². The van der Waals surface area contributed by atoms with E-state index in [1.54, 1.807) is 23.5 Å². The Morgan fingerprint density at radius 1 is 1.05 bits per heavy atom. The smallest absolute Gasteiger partial charge is 0.133 e. The molecule has 0 atom stereocenters. The summed E-state index contributed by atoms with van der Waals surface area (Å²) in [6.07, 6.45) is 2.06. The van der Waals surface area contributed by atoms with Crippen LogP contribution in [-0.2, 0) is 5.75 Å². The number of thioether (sulfide) groups is 2. The molecule has 0 unspecified atom stereocenters. The van der Waals surface area contributed by atoms with Gasteiger partial charge in [-0.25, -0.2) is 4.98 Å². The third-order valence-corrected chi connectivity index (χ3v) is 5.90. The molecule has 5 heteroatoms. The van der Waals surface area contributed by atoms with Crippen molar-refractivity contribution in [2.75, 3.05) is 6.26 Å². The minimum absolute atomic E-state index is 0.593. The maximum Gasteiger partial charge on any atom is 0.133 e. The zero-order valence-corrected chi connectivity index (χ0v) is 15.8. The van der Waals surface area contributed by atoms with E-state index in [0.29, 0.717) is 5.15 Å². The van der Waals surface area contributed by atoms with Gasteiger partial charge in [0.1, 0.15) is 5.15 Å². The summed E-state index contributed by atoms with van der Waals surface area (Å²) in [6, 6.07) is 16.7. The molecule has 0 saturated heterocycles. The molecular weight excluding hydrogens is 398 g/mol. The molecule has 3 aromatic rings. The lowest BCUT2D eigenvalue weighted by molar-refractivity contribution is 1.29. The molecule has 0 fully saturated rings. The van der Waals surface area contributed by atoms with Gasteiger partial charge in [0, 0.05) is 31.0 Å². The highest BCUT2D eigenvalue weighted by Gasteiger charge is 2.07. The Morgan fingerprint density at radius 2 is 1.77 bits per heavy atom. The average molecular weight is 411 g/mol. The van der Waals surface area contributed by atoms with E-state index >= 15 is 0 Å². The van der Waals surface area contributed by atoms with Crippen LogP contribution in [0.4, 0.5) is 0 Å². The van der Waals surface area contributed by atoms with Crippen molar-refractivity contribution in [3.8, 4) is 0 Å². The number of aromatic nitrogens is 1. The number of nitrogens with zero attached hydrogens (tertiary/aromatic N) is 1. The monoisotopic (exact) mass is 409 g/mol. The number of halogens is 2. The third kappa shape index (κ3) is 3.80. The van der Waals surface area contributed by atoms with Gasteiger partial charge in [-0.15, -0.1) is 23.5 Å². The van der Waals surface area contributed by atoms with Gasteiger partial charge >= 0.3 is 0 Å². The largest absolute Gasteiger partial charge is 0.236 e. The molecule has 0 aliphatic rings. The molecule has 0 saturated carbocycles. The standard InChI is InChI=1S/C17H13BrClNS2/c1-21-15-5-2-11-8-12(17(19)20-16(11)9-15)10-22-14-6-3-13(18)4-7-14/h2-9H,10H2,1H3. The van der Waals surface area contributed by atoms with Crippen molar-refractivity contribution < 1.29 is 0 Å². The summed E-state index contributed by atoms with van der Waals surface area (Å²) in [5.74, 6) is 0.813.